The third-order valence-corrected chi connectivity index (χ3v) is 3.47. The van der Waals surface area contributed by atoms with Crippen LogP contribution >= 0.6 is 0 Å². The third kappa shape index (κ3) is 3.36. The first-order valence-electron chi connectivity index (χ1n) is 6.74. The Morgan fingerprint density at radius 3 is 2.48 bits per heavy atom. The lowest BCUT2D eigenvalue weighted by atomic mass is 10.1. The Labute approximate surface area is 122 Å². The smallest absolute Gasteiger partial charge is 0.338 e. The van der Waals surface area contributed by atoms with Crippen LogP contribution in [0.3, 0.4) is 0 Å². The van der Waals surface area contributed by atoms with Gasteiger partial charge in [-0.2, -0.15) is 0 Å². The van der Waals surface area contributed by atoms with Gasteiger partial charge in [-0.25, -0.2) is 4.79 Å². The number of pyridine rings is 1. The van der Waals surface area contributed by atoms with Gasteiger partial charge >= 0.3 is 5.97 Å². The molecule has 1 aliphatic heterocycles. The van der Waals surface area contributed by atoms with Gasteiger partial charge in [-0.05, 0) is 18.6 Å². The summed E-state index contributed by atoms with van der Waals surface area (Å²) < 4.78 is 0. The van der Waals surface area contributed by atoms with Gasteiger partial charge in [0.2, 0.25) is 5.91 Å². The molecule has 1 fully saturated rings. The maximum absolute atomic E-state index is 12.5. The Bertz CT molecular complexity index is 573. The molecule has 0 saturated carbocycles. The zero-order valence-electron chi connectivity index (χ0n) is 11.8. The molecule has 0 bridgehead atoms. The van der Waals surface area contributed by atoms with Crippen molar-refractivity contribution in [3.05, 3.63) is 29.6 Å². The van der Waals surface area contributed by atoms with E-state index in [0.717, 1.165) is 0 Å². The molecule has 2 rings (SSSR count). The Kier molecular flexibility index (Phi) is 4.52. The SMILES string of the molecule is CC(=O)N1CCCN(C(=O)c2ncccc2C(=O)O)CC1. The number of hydrogen-bond acceptors (Lipinski definition) is 4. The summed E-state index contributed by atoms with van der Waals surface area (Å²) in [6, 6.07) is 2.85. The highest BCUT2D eigenvalue weighted by atomic mass is 16.4. The molecule has 0 atom stereocenters. The summed E-state index contributed by atoms with van der Waals surface area (Å²) in [5.41, 5.74) is -0.156. The van der Waals surface area contributed by atoms with E-state index in [1.54, 1.807) is 9.80 Å². The maximum atomic E-state index is 12.5. The van der Waals surface area contributed by atoms with Gasteiger partial charge in [0.15, 0.2) is 0 Å². The van der Waals surface area contributed by atoms with Gasteiger partial charge in [0.1, 0.15) is 5.69 Å². The molecule has 2 heterocycles. The van der Waals surface area contributed by atoms with Crippen molar-refractivity contribution in [2.45, 2.75) is 13.3 Å². The molecule has 1 aromatic heterocycles. The molecular weight excluding hydrogens is 274 g/mol. The second-order valence-electron chi connectivity index (χ2n) is 4.86. The molecule has 0 aromatic carbocycles. The molecule has 1 aromatic rings. The number of amides is 2. The first-order chi connectivity index (χ1) is 10.0. The van der Waals surface area contributed by atoms with Crippen molar-refractivity contribution in [2.75, 3.05) is 26.2 Å². The van der Waals surface area contributed by atoms with E-state index in [4.69, 9.17) is 5.11 Å². The van der Waals surface area contributed by atoms with E-state index in [1.165, 1.54) is 25.3 Å². The number of aromatic carboxylic acids is 1. The Morgan fingerprint density at radius 2 is 1.81 bits per heavy atom. The minimum Gasteiger partial charge on any atom is -0.478 e. The molecule has 0 spiro atoms. The van der Waals surface area contributed by atoms with Gasteiger partial charge in [-0.15, -0.1) is 0 Å². The molecule has 112 valence electrons. The number of carboxylic acid groups (broad SMARTS) is 1. The number of carbonyl (C=O) groups excluding carboxylic acids is 2. The Balaban J connectivity index is 2.17. The quantitative estimate of drug-likeness (QED) is 0.855. The number of nitrogens with zero attached hydrogens (tertiary/aromatic N) is 3. The van der Waals surface area contributed by atoms with Crippen LogP contribution in [0.15, 0.2) is 18.3 Å². The lowest BCUT2D eigenvalue weighted by molar-refractivity contribution is -0.128. The highest BCUT2D eigenvalue weighted by Gasteiger charge is 2.25. The topological polar surface area (TPSA) is 90.8 Å². The fourth-order valence-corrected chi connectivity index (χ4v) is 2.33. The molecule has 0 unspecified atom stereocenters. The predicted octanol–water partition coefficient (Wildman–Crippen LogP) is 0.474. The van der Waals surface area contributed by atoms with Crippen LogP contribution in [0.2, 0.25) is 0 Å². The van der Waals surface area contributed by atoms with Gasteiger partial charge in [-0.3, -0.25) is 14.6 Å². The summed E-state index contributed by atoms with van der Waals surface area (Å²) in [6.45, 7) is 3.43. The molecular formula is C14H17N3O4. The average Bonchev–Trinajstić information content (AvgIpc) is 2.72. The fraction of sp³-hybridized carbons (Fsp3) is 0.429. The lowest BCUT2D eigenvalue weighted by Gasteiger charge is -2.21. The average molecular weight is 291 g/mol. The number of rotatable bonds is 2. The van der Waals surface area contributed by atoms with Gasteiger partial charge < -0.3 is 14.9 Å². The summed E-state index contributed by atoms with van der Waals surface area (Å²) in [5.74, 6) is -1.60. The van der Waals surface area contributed by atoms with Crippen molar-refractivity contribution in [1.82, 2.24) is 14.8 Å². The van der Waals surface area contributed by atoms with Crippen molar-refractivity contribution >= 4 is 17.8 Å². The van der Waals surface area contributed by atoms with E-state index in [9.17, 15) is 14.4 Å². The zero-order chi connectivity index (χ0) is 15.4. The minimum absolute atomic E-state index is 0.0200. The lowest BCUT2D eigenvalue weighted by Crippen LogP contribution is -2.37. The first kappa shape index (κ1) is 15.0. The summed E-state index contributed by atoms with van der Waals surface area (Å²) in [5, 5.41) is 9.12. The molecule has 0 radical (unpaired) electrons. The molecule has 1 saturated heterocycles. The largest absolute Gasteiger partial charge is 0.478 e. The molecule has 7 nitrogen and oxygen atoms in total. The van der Waals surface area contributed by atoms with Crippen LogP contribution < -0.4 is 0 Å². The highest BCUT2D eigenvalue weighted by Crippen LogP contribution is 2.12. The molecule has 7 heteroatoms. The Hall–Kier alpha value is -2.44. The molecule has 1 N–H and O–H groups in total. The normalized spacial score (nSPS) is 15.5. The van der Waals surface area contributed by atoms with Crippen molar-refractivity contribution in [3.63, 3.8) is 0 Å². The number of carboxylic acids is 1. The second-order valence-corrected chi connectivity index (χ2v) is 4.86. The summed E-state index contributed by atoms with van der Waals surface area (Å²) >= 11 is 0. The fourth-order valence-electron chi connectivity index (χ4n) is 2.33. The standard InChI is InChI=1S/C14H17N3O4/c1-10(18)16-6-3-7-17(9-8-16)13(19)12-11(14(20)21)4-2-5-15-12/h2,4-5H,3,6-9H2,1H3,(H,20,21). The third-order valence-electron chi connectivity index (χ3n) is 3.47. The Morgan fingerprint density at radius 1 is 1.14 bits per heavy atom. The number of hydrogen-bond donors (Lipinski definition) is 1. The van der Waals surface area contributed by atoms with E-state index in [2.05, 4.69) is 4.98 Å². The van der Waals surface area contributed by atoms with Gasteiger partial charge in [-0.1, -0.05) is 0 Å². The van der Waals surface area contributed by atoms with Gasteiger partial charge in [0.25, 0.3) is 5.91 Å². The van der Waals surface area contributed by atoms with E-state index >= 15 is 0 Å². The summed E-state index contributed by atoms with van der Waals surface area (Å²) in [6.07, 6.45) is 2.07. The maximum Gasteiger partial charge on any atom is 0.338 e. The van der Waals surface area contributed by atoms with Gasteiger partial charge in [0, 0.05) is 39.3 Å². The van der Waals surface area contributed by atoms with Crippen LogP contribution in [0.4, 0.5) is 0 Å². The molecule has 2 amide bonds. The minimum atomic E-state index is -1.17. The van der Waals surface area contributed by atoms with Crippen molar-refractivity contribution in [3.8, 4) is 0 Å². The van der Waals surface area contributed by atoms with Crippen molar-refractivity contribution in [2.24, 2.45) is 0 Å². The van der Waals surface area contributed by atoms with E-state index in [1.807, 2.05) is 0 Å². The second kappa shape index (κ2) is 6.34. The van der Waals surface area contributed by atoms with Crippen LogP contribution in [-0.2, 0) is 4.79 Å². The summed E-state index contributed by atoms with van der Waals surface area (Å²) in [7, 11) is 0. The number of aromatic nitrogens is 1. The van der Waals surface area contributed by atoms with E-state index in [0.29, 0.717) is 32.6 Å². The van der Waals surface area contributed by atoms with Crippen molar-refractivity contribution < 1.29 is 19.5 Å². The molecule has 21 heavy (non-hydrogen) atoms. The number of carbonyl (C=O) groups is 3. The van der Waals surface area contributed by atoms with E-state index in [-0.39, 0.29) is 17.2 Å². The zero-order valence-corrected chi connectivity index (χ0v) is 11.8. The van der Waals surface area contributed by atoms with Crippen LogP contribution in [-0.4, -0.2) is 63.9 Å². The van der Waals surface area contributed by atoms with E-state index < -0.39 is 11.9 Å². The van der Waals surface area contributed by atoms with Gasteiger partial charge in [0.05, 0.1) is 5.56 Å². The first-order valence-corrected chi connectivity index (χ1v) is 6.74. The van der Waals surface area contributed by atoms with Crippen LogP contribution in [0.25, 0.3) is 0 Å². The summed E-state index contributed by atoms with van der Waals surface area (Å²) in [4.78, 5) is 42.1. The van der Waals surface area contributed by atoms with Crippen LogP contribution in [0, 0.1) is 0 Å². The monoisotopic (exact) mass is 291 g/mol. The predicted molar refractivity (Wildman–Crippen MR) is 74.0 cm³/mol. The molecule has 0 aliphatic carbocycles. The van der Waals surface area contributed by atoms with Crippen LogP contribution in [0.5, 0.6) is 0 Å². The van der Waals surface area contributed by atoms with Crippen molar-refractivity contribution in [1.29, 1.82) is 0 Å². The van der Waals surface area contributed by atoms with Crippen LogP contribution in [0.1, 0.15) is 34.2 Å². The molecule has 1 aliphatic rings. The highest BCUT2D eigenvalue weighted by molar-refractivity contribution is 6.03.